The number of rotatable bonds is 5. The molecule has 162 valence electrons. The molecule has 0 spiro atoms. The van der Waals surface area contributed by atoms with Crippen LogP contribution in [0.2, 0.25) is 0 Å². The molecule has 3 rings (SSSR count). The Labute approximate surface area is 178 Å². The van der Waals surface area contributed by atoms with Crippen molar-refractivity contribution in [2.24, 2.45) is 7.05 Å². The fraction of sp³-hybridized carbons (Fsp3) is 0.364. The Hall–Kier alpha value is -3.51. The van der Waals surface area contributed by atoms with Gasteiger partial charge < -0.3 is 20.3 Å². The molecule has 0 atom stereocenters. The molecule has 2 aromatic rings. The van der Waals surface area contributed by atoms with Crippen molar-refractivity contribution >= 4 is 29.0 Å². The lowest BCUT2D eigenvalue weighted by Gasteiger charge is -2.42. The van der Waals surface area contributed by atoms with Crippen LogP contribution in [0.15, 0.2) is 18.2 Å². The Morgan fingerprint density at radius 3 is 2.52 bits per heavy atom. The van der Waals surface area contributed by atoms with Crippen molar-refractivity contribution in [1.82, 2.24) is 9.88 Å². The number of hydrogen-bond acceptors (Lipinski definition) is 4. The first-order chi connectivity index (χ1) is 14.5. The standard InChI is InChI=1S/C22H23FN4O4/c1-11-17(20(30)25-13-6-7-15(23)16(8-13)24-4)12(2)27(5)18(11)19(29)21(31)26-22(3)9-14(28)10-22/h6-8,14,28H,9-10H2,1-3,5H3,(H,25,30)(H,26,31). The fourth-order valence-corrected chi connectivity index (χ4v) is 4.02. The van der Waals surface area contributed by atoms with Gasteiger partial charge in [0.15, 0.2) is 0 Å². The van der Waals surface area contributed by atoms with Gasteiger partial charge in [-0.15, -0.1) is 0 Å². The monoisotopic (exact) mass is 426 g/mol. The molecule has 1 aromatic carbocycles. The Bertz CT molecular complexity index is 1140. The largest absolute Gasteiger partial charge is 0.393 e. The van der Waals surface area contributed by atoms with Gasteiger partial charge in [-0.25, -0.2) is 9.24 Å². The van der Waals surface area contributed by atoms with E-state index in [9.17, 15) is 23.9 Å². The predicted octanol–water partition coefficient (Wildman–Crippen LogP) is 2.80. The zero-order chi connectivity index (χ0) is 23.1. The van der Waals surface area contributed by atoms with Crippen LogP contribution in [0.5, 0.6) is 0 Å². The number of hydrogen-bond donors (Lipinski definition) is 3. The third-order valence-corrected chi connectivity index (χ3v) is 5.69. The highest BCUT2D eigenvalue weighted by Crippen LogP contribution is 2.32. The maximum absolute atomic E-state index is 13.5. The smallest absolute Gasteiger partial charge is 0.294 e. The molecule has 1 aromatic heterocycles. The third-order valence-electron chi connectivity index (χ3n) is 5.69. The molecule has 1 aliphatic rings. The van der Waals surface area contributed by atoms with Gasteiger partial charge in [-0.1, -0.05) is 0 Å². The van der Waals surface area contributed by atoms with Crippen LogP contribution in [0.1, 0.15) is 51.9 Å². The zero-order valence-corrected chi connectivity index (χ0v) is 17.7. The second-order valence-electron chi connectivity index (χ2n) is 8.13. The van der Waals surface area contributed by atoms with Crippen molar-refractivity contribution in [3.05, 3.63) is 57.9 Å². The van der Waals surface area contributed by atoms with Crippen LogP contribution < -0.4 is 10.6 Å². The van der Waals surface area contributed by atoms with Gasteiger partial charge in [-0.3, -0.25) is 14.4 Å². The summed E-state index contributed by atoms with van der Waals surface area (Å²) in [6.07, 6.45) is 0.244. The fourth-order valence-electron chi connectivity index (χ4n) is 4.02. The van der Waals surface area contributed by atoms with E-state index in [1.165, 1.54) is 16.7 Å². The van der Waals surface area contributed by atoms with Gasteiger partial charge >= 0.3 is 0 Å². The number of nitrogens with one attached hydrogen (secondary N) is 2. The topological polar surface area (TPSA) is 105 Å². The van der Waals surface area contributed by atoms with Gasteiger partial charge in [0.05, 0.1) is 23.9 Å². The van der Waals surface area contributed by atoms with Crippen LogP contribution in [0.25, 0.3) is 4.85 Å². The van der Waals surface area contributed by atoms with Gasteiger partial charge in [-0.05, 0) is 57.4 Å². The van der Waals surface area contributed by atoms with Crippen molar-refractivity contribution in [2.45, 2.75) is 45.3 Å². The summed E-state index contributed by atoms with van der Waals surface area (Å²) in [5.41, 5.74) is 0.502. The van der Waals surface area contributed by atoms with E-state index in [0.717, 1.165) is 6.07 Å². The summed E-state index contributed by atoms with van der Waals surface area (Å²) in [7, 11) is 1.59. The quantitative estimate of drug-likeness (QED) is 0.388. The first-order valence-corrected chi connectivity index (χ1v) is 9.66. The number of ketones is 1. The molecule has 8 nitrogen and oxygen atoms in total. The van der Waals surface area contributed by atoms with E-state index in [-0.39, 0.29) is 22.6 Å². The van der Waals surface area contributed by atoms with Crippen molar-refractivity contribution in [3.8, 4) is 0 Å². The minimum Gasteiger partial charge on any atom is -0.393 e. The number of aromatic nitrogens is 1. The van der Waals surface area contributed by atoms with Crippen molar-refractivity contribution in [2.75, 3.05) is 5.32 Å². The number of Topliss-reactive ketones (excluding diaryl/α,β-unsaturated/α-hetero) is 1. The predicted molar refractivity (Wildman–Crippen MR) is 112 cm³/mol. The summed E-state index contributed by atoms with van der Waals surface area (Å²) in [6, 6.07) is 3.65. The van der Waals surface area contributed by atoms with Gasteiger partial charge in [0, 0.05) is 24.0 Å². The van der Waals surface area contributed by atoms with Crippen molar-refractivity contribution < 1.29 is 23.9 Å². The molecule has 0 radical (unpaired) electrons. The van der Waals surface area contributed by atoms with Gasteiger partial charge in [0.2, 0.25) is 5.69 Å². The molecule has 0 saturated heterocycles. The number of halogens is 1. The molecule has 9 heteroatoms. The molecular formula is C22H23FN4O4. The van der Waals surface area contributed by atoms with E-state index in [2.05, 4.69) is 15.5 Å². The van der Waals surface area contributed by atoms with Gasteiger partial charge in [0.1, 0.15) is 5.82 Å². The Balaban J connectivity index is 1.86. The highest BCUT2D eigenvalue weighted by Gasteiger charge is 2.42. The number of aliphatic hydroxyl groups excluding tert-OH is 1. The van der Waals surface area contributed by atoms with E-state index in [1.807, 2.05) is 0 Å². The maximum atomic E-state index is 13.5. The second kappa shape index (κ2) is 7.96. The number of amides is 2. The zero-order valence-electron chi connectivity index (χ0n) is 17.7. The average molecular weight is 426 g/mol. The van der Waals surface area contributed by atoms with Crippen LogP contribution >= 0.6 is 0 Å². The molecule has 0 aliphatic heterocycles. The molecule has 1 saturated carbocycles. The molecular weight excluding hydrogens is 403 g/mol. The summed E-state index contributed by atoms with van der Waals surface area (Å²) < 4.78 is 15.0. The Morgan fingerprint density at radius 1 is 1.29 bits per heavy atom. The Morgan fingerprint density at radius 2 is 1.94 bits per heavy atom. The number of carbonyl (C=O) groups excluding carboxylic acids is 3. The lowest BCUT2D eigenvalue weighted by atomic mass is 9.76. The first kappa shape index (κ1) is 22.2. The lowest BCUT2D eigenvalue weighted by molar-refractivity contribution is -0.121. The molecule has 0 bridgehead atoms. The highest BCUT2D eigenvalue weighted by molar-refractivity contribution is 6.43. The molecule has 1 fully saturated rings. The van der Waals surface area contributed by atoms with Crippen LogP contribution in [-0.4, -0.2) is 38.9 Å². The van der Waals surface area contributed by atoms with Gasteiger partial charge in [-0.2, -0.15) is 0 Å². The number of aliphatic hydroxyl groups is 1. The maximum Gasteiger partial charge on any atom is 0.294 e. The number of carbonyl (C=O) groups is 3. The van der Waals surface area contributed by atoms with Crippen molar-refractivity contribution in [1.29, 1.82) is 0 Å². The second-order valence-corrected chi connectivity index (χ2v) is 8.13. The van der Waals surface area contributed by atoms with Crippen molar-refractivity contribution in [3.63, 3.8) is 0 Å². The summed E-state index contributed by atoms with van der Waals surface area (Å²) >= 11 is 0. The van der Waals surface area contributed by atoms with Crippen LogP contribution in [-0.2, 0) is 11.8 Å². The molecule has 1 heterocycles. The molecule has 0 unspecified atom stereocenters. The molecule has 31 heavy (non-hydrogen) atoms. The van der Waals surface area contributed by atoms with Crippen LogP contribution in [0, 0.1) is 26.2 Å². The summed E-state index contributed by atoms with van der Waals surface area (Å²) in [5, 5.41) is 14.8. The molecule has 3 N–H and O–H groups in total. The number of anilines is 1. The van der Waals surface area contributed by atoms with Gasteiger partial charge in [0.25, 0.3) is 17.6 Å². The normalized spacial score (nSPS) is 19.8. The third kappa shape index (κ3) is 4.07. The average Bonchev–Trinajstić information content (AvgIpc) is 2.90. The van der Waals surface area contributed by atoms with Crippen LogP contribution in [0.4, 0.5) is 15.8 Å². The van der Waals surface area contributed by atoms with E-state index in [0.29, 0.717) is 24.1 Å². The first-order valence-electron chi connectivity index (χ1n) is 9.66. The van der Waals surface area contributed by atoms with Crippen LogP contribution in [0.3, 0.4) is 0 Å². The lowest BCUT2D eigenvalue weighted by Crippen LogP contribution is -2.58. The summed E-state index contributed by atoms with van der Waals surface area (Å²) in [6.45, 7) is 12.0. The van der Waals surface area contributed by atoms with E-state index < -0.39 is 35.1 Å². The minimum absolute atomic E-state index is 0.0876. The molecule has 1 aliphatic carbocycles. The van der Waals surface area contributed by atoms with E-state index in [4.69, 9.17) is 6.57 Å². The number of nitrogens with zero attached hydrogens (tertiary/aromatic N) is 2. The minimum atomic E-state index is -0.801. The van der Waals surface area contributed by atoms with E-state index >= 15 is 0 Å². The summed E-state index contributed by atoms with van der Waals surface area (Å²) in [5.74, 6) is -2.81. The highest BCUT2D eigenvalue weighted by atomic mass is 19.1. The summed E-state index contributed by atoms with van der Waals surface area (Å²) in [4.78, 5) is 41.3. The Kier molecular flexibility index (Phi) is 5.70. The molecule has 2 amide bonds. The SMILES string of the molecule is [C-]#[N+]c1cc(NC(=O)c2c(C)c(C(=O)C(=O)NC3(C)CC(O)C3)n(C)c2C)ccc1F. The van der Waals surface area contributed by atoms with E-state index in [1.54, 1.807) is 27.8 Å². The number of benzene rings is 1.